The standard InChI is InChI=1S/C15H25N3O/c1-10-9-17-7-6-11(10)13(18-16)12-8-14(2,3)19-15(12,4)5/h6-7,9,12-13,18H,8,16H2,1-5H3. The molecule has 2 rings (SSSR count). The lowest BCUT2D eigenvalue weighted by molar-refractivity contribution is -0.0779. The van der Waals surface area contributed by atoms with Gasteiger partial charge in [0.25, 0.3) is 0 Å². The fraction of sp³-hybridized carbons (Fsp3) is 0.667. The summed E-state index contributed by atoms with van der Waals surface area (Å²) in [4.78, 5) is 4.15. The molecule has 2 heterocycles. The summed E-state index contributed by atoms with van der Waals surface area (Å²) in [7, 11) is 0. The molecular formula is C15H25N3O. The van der Waals surface area contributed by atoms with Gasteiger partial charge in [0.15, 0.2) is 0 Å². The van der Waals surface area contributed by atoms with Gasteiger partial charge in [-0.3, -0.25) is 16.3 Å². The van der Waals surface area contributed by atoms with Gasteiger partial charge in [0, 0.05) is 18.3 Å². The van der Waals surface area contributed by atoms with Crippen LogP contribution in [0.1, 0.15) is 51.3 Å². The average molecular weight is 263 g/mol. The van der Waals surface area contributed by atoms with Crippen molar-refractivity contribution in [1.29, 1.82) is 0 Å². The Kier molecular flexibility index (Phi) is 3.69. The number of hydrogen-bond acceptors (Lipinski definition) is 4. The van der Waals surface area contributed by atoms with Crippen molar-refractivity contribution in [2.24, 2.45) is 11.8 Å². The van der Waals surface area contributed by atoms with E-state index in [-0.39, 0.29) is 17.2 Å². The minimum Gasteiger partial charge on any atom is -0.369 e. The first-order valence-corrected chi connectivity index (χ1v) is 6.84. The molecule has 3 N–H and O–H groups in total. The second-order valence-electron chi connectivity index (χ2n) is 6.65. The van der Waals surface area contributed by atoms with Crippen molar-refractivity contribution in [1.82, 2.24) is 10.4 Å². The van der Waals surface area contributed by atoms with Crippen LogP contribution in [0.4, 0.5) is 0 Å². The molecule has 4 heteroatoms. The van der Waals surface area contributed by atoms with Crippen LogP contribution in [0.15, 0.2) is 18.5 Å². The summed E-state index contributed by atoms with van der Waals surface area (Å²) >= 11 is 0. The zero-order valence-electron chi connectivity index (χ0n) is 12.5. The SMILES string of the molecule is Cc1cnccc1C(NN)C1CC(C)(C)OC1(C)C. The molecule has 4 nitrogen and oxygen atoms in total. The summed E-state index contributed by atoms with van der Waals surface area (Å²) in [5.74, 6) is 6.16. The molecule has 1 aromatic rings. The van der Waals surface area contributed by atoms with Crippen LogP contribution in [0.2, 0.25) is 0 Å². The van der Waals surface area contributed by atoms with Crippen molar-refractivity contribution in [2.75, 3.05) is 0 Å². The first-order valence-electron chi connectivity index (χ1n) is 6.84. The number of pyridine rings is 1. The van der Waals surface area contributed by atoms with Crippen molar-refractivity contribution >= 4 is 0 Å². The van der Waals surface area contributed by atoms with Crippen LogP contribution in [-0.4, -0.2) is 16.2 Å². The average Bonchev–Trinajstić information content (AvgIpc) is 2.51. The highest BCUT2D eigenvalue weighted by Gasteiger charge is 2.49. The Balaban J connectivity index is 2.36. The molecule has 1 aliphatic rings. The number of hydrogen-bond donors (Lipinski definition) is 2. The van der Waals surface area contributed by atoms with Gasteiger partial charge in [-0.1, -0.05) is 0 Å². The smallest absolute Gasteiger partial charge is 0.0681 e. The molecule has 1 saturated heterocycles. The summed E-state index contributed by atoms with van der Waals surface area (Å²) in [5, 5.41) is 0. The molecule has 2 unspecified atom stereocenters. The van der Waals surface area contributed by atoms with Crippen LogP contribution in [-0.2, 0) is 4.74 Å². The van der Waals surface area contributed by atoms with E-state index in [9.17, 15) is 0 Å². The van der Waals surface area contributed by atoms with Gasteiger partial charge in [0.2, 0.25) is 0 Å². The number of aromatic nitrogens is 1. The van der Waals surface area contributed by atoms with Crippen LogP contribution in [0.5, 0.6) is 0 Å². The maximum atomic E-state index is 6.18. The monoisotopic (exact) mass is 263 g/mol. The third-order valence-corrected chi connectivity index (χ3v) is 4.12. The van der Waals surface area contributed by atoms with Crippen molar-refractivity contribution in [2.45, 2.75) is 58.3 Å². The normalized spacial score (nSPS) is 26.3. The summed E-state index contributed by atoms with van der Waals surface area (Å²) < 4.78 is 6.18. The quantitative estimate of drug-likeness (QED) is 0.650. The Labute approximate surface area is 115 Å². The Morgan fingerprint density at radius 1 is 1.42 bits per heavy atom. The van der Waals surface area contributed by atoms with E-state index in [0.717, 1.165) is 12.0 Å². The molecule has 0 saturated carbocycles. The minimum absolute atomic E-state index is 0.0831. The van der Waals surface area contributed by atoms with Crippen molar-refractivity contribution in [3.05, 3.63) is 29.6 Å². The molecule has 0 amide bonds. The first kappa shape index (κ1) is 14.4. The van der Waals surface area contributed by atoms with E-state index >= 15 is 0 Å². The zero-order valence-corrected chi connectivity index (χ0v) is 12.5. The van der Waals surface area contributed by atoms with E-state index in [2.05, 4.69) is 45.0 Å². The molecule has 0 aliphatic carbocycles. The van der Waals surface area contributed by atoms with E-state index in [1.807, 2.05) is 18.5 Å². The van der Waals surface area contributed by atoms with Crippen molar-refractivity contribution < 1.29 is 4.74 Å². The highest BCUT2D eigenvalue weighted by Crippen LogP contribution is 2.47. The largest absolute Gasteiger partial charge is 0.369 e. The second kappa shape index (κ2) is 4.85. The summed E-state index contributed by atoms with van der Waals surface area (Å²) in [6, 6.07) is 2.13. The lowest BCUT2D eigenvalue weighted by Gasteiger charge is -2.33. The van der Waals surface area contributed by atoms with Gasteiger partial charge in [-0.05, 0) is 58.2 Å². The van der Waals surface area contributed by atoms with Gasteiger partial charge < -0.3 is 4.74 Å². The molecule has 1 aromatic heterocycles. The highest BCUT2D eigenvalue weighted by molar-refractivity contribution is 5.27. The van der Waals surface area contributed by atoms with E-state index in [4.69, 9.17) is 10.6 Å². The van der Waals surface area contributed by atoms with Gasteiger partial charge in [-0.2, -0.15) is 0 Å². The van der Waals surface area contributed by atoms with Crippen LogP contribution in [0, 0.1) is 12.8 Å². The Morgan fingerprint density at radius 2 is 2.11 bits per heavy atom. The number of nitrogens with one attached hydrogen (secondary N) is 1. The fourth-order valence-electron chi connectivity index (χ4n) is 3.38. The maximum Gasteiger partial charge on any atom is 0.0681 e. The summed E-state index contributed by atoms with van der Waals surface area (Å²) in [5.41, 5.74) is 5.05. The zero-order chi connectivity index (χ0) is 14.3. The predicted octanol–water partition coefficient (Wildman–Crippen LogP) is 2.49. The molecular weight excluding hydrogens is 238 g/mol. The van der Waals surface area contributed by atoms with Crippen LogP contribution in [0.25, 0.3) is 0 Å². The van der Waals surface area contributed by atoms with Gasteiger partial charge in [-0.25, -0.2) is 0 Å². The maximum absolute atomic E-state index is 6.18. The molecule has 0 radical (unpaired) electrons. The second-order valence-corrected chi connectivity index (χ2v) is 6.65. The van der Waals surface area contributed by atoms with Crippen LogP contribution in [0.3, 0.4) is 0 Å². The summed E-state index contributed by atoms with van der Waals surface area (Å²) in [6.45, 7) is 10.6. The van der Waals surface area contributed by atoms with Crippen molar-refractivity contribution in [3.8, 4) is 0 Å². The topological polar surface area (TPSA) is 60.2 Å². The third kappa shape index (κ3) is 2.81. The number of hydrazine groups is 1. The van der Waals surface area contributed by atoms with Crippen LogP contribution < -0.4 is 11.3 Å². The van der Waals surface area contributed by atoms with Gasteiger partial charge in [0.05, 0.1) is 17.2 Å². The van der Waals surface area contributed by atoms with Gasteiger partial charge >= 0.3 is 0 Å². The van der Waals surface area contributed by atoms with Crippen molar-refractivity contribution in [3.63, 3.8) is 0 Å². The number of rotatable bonds is 3. The lowest BCUT2D eigenvalue weighted by atomic mass is 9.78. The van der Waals surface area contributed by atoms with E-state index in [1.54, 1.807) is 0 Å². The van der Waals surface area contributed by atoms with Gasteiger partial charge in [-0.15, -0.1) is 0 Å². The first-order chi connectivity index (χ1) is 8.77. The minimum atomic E-state index is -0.198. The molecule has 1 aliphatic heterocycles. The Morgan fingerprint density at radius 3 is 2.58 bits per heavy atom. The van der Waals surface area contributed by atoms with Crippen LogP contribution >= 0.6 is 0 Å². The molecule has 0 bridgehead atoms. The van der Waals surface area contributed by atoms with E-state index in [0.29, 0.717) is 5.92 Å². The molecule has 0 aromatic carbocycles. The molecule has 19 heavy (non-hydrogen) atoms. The fourth-order valence-corrected chi connectivity index (χ4v) is 3.38. The molecule has 0 spiro atoms. The number of ether oxygens (including phenoxy) is 1. The van der Waals surface area contributed by atoms with E-state index < -0.39 is 0 Å². The number of aryl methyl sites for hydroxylation is 1. The predicted molar refractivity (Wildman–Crippen MR) is 76.4 cm³/mol. The molecule has 1 fully saturated rings. The Bertz CT molecular complexity index is 456. The number of nitrogens with zero attached hydrogens (tertiary/aromatic N) is 1. The van der Waals surface area contributed by atoms with E-state index in [1.165, 1.54) is 5.56 Å². The third-order valence-electron chi connectivity index (χ3n) is 4.12. The molecule has 106 valence electrons. The summed E-state index contributed by atoms with van der Waals surface area (Å²) in [6.07, 6.45) is 4.69. The lowest BCUT2D eigenvalue weighted by Crippen LogP contribution is -2.41. The molecule has 2 atom stereocenters. The number of nitrogens with two attached hydrogens (primary N) is 1. The van der Waals surface area contributed by atoms with Gasteiger partial charge in [0.1, 0.15) is 0 Å². The highest BCUT2D eigenvalue weighted by atomic mass is 16.5. The Hall–Kier alpha value is -0.970.